The lowest BCUT2D eigenvalue weighted by atomic mass is 10.4. The Morgan fingerprint density at radius 2 is 2.36 bits per heavy atom. The SMILES string of the molecule is CSC(C)CNc1ncnc(N)c1Br. The third-order valence-electron chi connectivity index (χ3n) is 1.78. The molecule has 0 fully saturated rings. The Balaban J connectivity index is 2.63. The van der Waals surface area contributed by atoms with E-state index in [1.807, 2.05) is 0 Å². The maximum Gasteiger partial charge on any atom is 0.145 e. The molecule has 0 saturated heterocycles. The van der Waals surface area contributed by atoms with E-state index in [1.54, 1.807) is 11.8 Å². The molecular weight excluding hydrogens is 264 g/mol. The summed E-state index contributed by atoms with van der Waals surface area (Å²) in [5, 5.41) is 3.75. The van der Waals surface area contributed by atoms with Crippen molar-refractivity contribution >= 4 is 39.3 Å². The van der Waals surface area contributed by atoms with Gasteiger partial charge >= 0.3 is 0 Å². The molecule has 0 amide bonds. The van der Waals surface area contributed by atoms with Gasteiger partial charge in [-0.25, -0.2) is 9.97 Å². The van der Waals surface area contributed by atoms with Gasteiger partial charge in [-0.05, 0) is 22.2 Å². The van der Waals surface area contributed by atoms with E-state index < -0.39 is 0 Å². The van der Waals surface area contributed by atoms with Gasteiger partial charge in [0.05, 0.1) is 0 Å². The van der Waals surface area contributed by atoms with Gasteiger partial charge in [0.1, 0.15) is 22.4 Å². The van der Waals surface area contributed by atoms with Crippen LogP contribution in [0.3, 0.4) is 0 Å². The fraction of sp³-hybridized carbons (Fsp3) is 0.500. The van der Waals surface area contributed by atoms with Crippen LogP contribution in [-0.4, -0.2) is 28.0 Å². The maximum absolute atomic E-state index is 5.62. The van der Waals surface area contributed by atoms with Crippen molar-refractivity contribution in [2.24, 2.45) is 0 Å². The lowest BCUT2D eigenvalue weighted by Gasteiger charge is -2.11. The molecule has 0 bridgehead atoms. The van der Waals surface area contributed by atoms with Crippen molar-refractivity contribution in [1.82, 2.24) is 9.97 Å². The molecule has 0 spiro atoms. The highest BCUT2D eigenvalue weighted by molar-refractivity contribution is 9.10. The molecule has 1 rings (SSSR count). The molecule has 14 heavy (non-hydrogen) atoms. The molecule has 1 atom stereocenters. The number of hydrogen-bond donors (Lipinski definition) is 2. The molecule has 0 radical (unpaired) electrons. The fourth-order valence-corrected chi connectivity index (χ4v) is 1.43. The van der Waals surface area contributed by atoms with Crippen LogP contribution in [0.15, 0.2) is 10.8 Å². The van der Waals surface area contributed by atoms with Crippen molar-refractivity contribution in [3.63, 3.8) is 0 Å². The maximum atomic E-state index is 5.62. The van der Waals surface area contributed by atoms with E-state index in [0.29, 0.717) is 11.1 Å². The average molecular weight is 277 g/mol. The highest BCUT2D eigenvalue weighted by atomic mass is 79.9. The summed E-state index contributed by atoms with van der Waals surface area (Å²) in [5.74, 6) is 1.21. The van der Waals surface area contributed by atoms with E-state index in [9.17, 15) is 0 Å². The largest absolute Gasteiger partial charge is 0.383 e. The summed E-state index contributed by atoms with van der Waals surface area (Å²) in [6.45, 7) is 3.01. The molecule has 4 nitrogen and oxygen atoms in total. The second-order valence-corrected chi connectivity index (χ2v) is 4.92. The Hall–Kier alpha value is -0.490. The van der Waals surface area contributed by atoms with Gasteiger partial charge in [0.15, 0.2) is 0 Å². The van der Waals surface area contributed by atoms with Crippen molar-refractivity contribution < 1.29 is 0 Å². The van der Waals surface area contributed by atoms with Crippen molar-refractivity contribution in [3.8, 4) is 0 Å². The van der Waals surface area contributed by atoms with Crippen LogP contribution in [0.2, 0.25) is 0 Å². The van der Waals surface area contributed by atoms with Crippen LogP contribution in [0.1, 0.15) is 6.92 Å². The molecule has 0 aromatic carbocycles. The summed E-state index contributed by atoms with van der Waals surface area (Å²) in [4.78, 5) is 7.95. The van der Waals surface area contributed by atoms with Gasteiger partial charge < -0.3 is 11.1 Å². The number of nitrogens with one attached hydrogen (secondary N) is 1. The van der Waals surface area contributed by atoms with Crippen molar-refractivity contribution in [1.29, 1.82) is 0 Å². The van der Waals surface area contributed by atoms with E-state index in [4.69, 9.17) is 5.73 Å². The van der Waals surface area contributed by atoms with Crippen LogP contribution < -0.4 is 11.1 Å². The van der Waals surface area contributed by atoms with Crippen LogP contribution >= 0.6 is 27.7 Å². The van der Waals surface area contributed by atoms with E-state index in [2.05, 4.69) is 44.4 Å². The molecule has 1 aromatic rings. The predicted molar refractivity (Wildman–Crippen MR) is 65.6 cm³/mol. The molecular formula is C8H13BrN4S. The topological polar surface area (TPSA) is 63.8 Å². The first kappa shape index (κ1) is 11.6. The number of aromatic nitrogens is 2. The third-order valence-corrected chi connectivity index (χ3v) is 3.53. The van der Waals surface area contributed by atoms with Crippen molar-refractivity contribution in [3.05, 3.63) is 10.8 Å². The number of rotatable bonds is 4. The predicted octanol–water partition coefficient (Wildman–Crippen LogP) is 1.98. The fourth-order valence-electron chi connectivity index (χ4n) is 0.830. The second-order valence-electron chi connectivity index (χ2n) is 2.85. The molecule has 1 unspecified atom stereocenters. The summed E-state index contributed by atoms with van der Waals surface area (Å²) < 4.78 is 0.730. The smallest absolute Gasteiger partial charge is 0.145 e. The number of thioether (sulfide) groups is 1. The molecule has 0 aliphatic rings. The van der Waals surface area contributed by atoms with E-state index >= 15 is 0 Å². The zero-order valence-electron chi connectivity index (χ0n) is 8.12. The summed E-state index contributed by atoms with van der Waals surface area (Å²) in [6, 6.07) is 0. The van der Waals surface area contributed by atoms with Gasteiger partial charge in [-0.3, -0.25) is 0 Å². The van der Waals surface area contributed by atoms with Crippen LogP contribution in [0.5, 0.6) is 0 Å². The standard InChI is InChI=1S/C8H13BrN4S/c1-5(14-2)3-11-8-6(9)7(10)12-4-13-8/h4-5H,3H2,1-2H3,(H3,10,11,12,13). The van der Waals surface area contributed by atoms with E-state index in [0.717, 1.165) is 16.8 Å². The van der Waals surface area contributed by atoms with E-state index in [1.165, 1.54) is 6.33 Å². The van der Waals surface area contributed by atoms with Crippen molar-refractivity contribution in [2.45, 2.75) is 12.2 Å². The molecule has 78 valence electrons. The first-order chi connectivity index (χ1) is 6.65. The zero-order valence-corrected chi connectivity index (χ0v) is 10.5. The molecule has 0 saturated carbocycles. The third kappa shape index (κ3) is 3.02. The molecule has 0 aliphatic carbocycles. The number of nitrogen functional groups attached to an aromatic ring is 1. The van der Waals surface area contributed by atoms with Crippen LogP contribution in [0.25, 0.3) is 0 Å². The number of halogens is 1. The zero-order chi connectivity index (χ0) is 10.6. The molecule has 1 aromatic heterocycles. The molecule has 6 heteroatoms. The minimum Gasteiger partial charge on any atom is -0.383 e. The minimum absolute atomic E-state index is 0.458. The summed E-state index contributed by atoms with van der Waals surface area (Å²) in [5.41, 5.74) is 5.62. The van der Waals surface area contributed by atoms with Gasteiger partial charge in [0.2, 0.25) is 0 Å². The number of anilines is 2. The summed E-state index contributed by atoms with van der Waals surface area (Å²) >= 11 is 5.13. The Morgan fingerprint density at radius 3 is 3.00 bits per heavy atom. The van der Waals surface area contributed by atoms with Gasteiger partial charge in [0.25, 0.3) is 0 Å². The minimum atomic E-state index is 0.458. The van der Waals surface area contributed by atoms with Crippen LogP contribution in [-0.2, 0) is 0 Å². The number of nitrogens with zero attached hydrogens (tertiary/aromatic N) is 2. The Labute approximate surface area is 96.2 Å². The normalized spacial score (nSPS) is 12.5. The first-order valence-corrected chi connectivity index (χ1v) is 6.26. The monoisotopic (exact) mass is 276 g/mol. The van der Waals surface area contributed by atoms with Gasteiger partial charge in [-0.2, -0.15) is 11.8 Å². The summed E-state index contributed by atoms with van der Waals surface area (Å²) in [6.07, 6.45) is 3.53. The van der Waals surface area contributed by atoms with Gasteiger partial charge in [0, 0.05) is 11.8 Å². The Bertz CT molecular complexity index is 307. The highest BCUT2D eigenvalue weighted by Gasteiger charge is 2.06. The van der Waals surface area contributed by atoms with E-state index in [-0.39, 0.29) is 0 Å². The Kier molecular flexibility index (Phi) is 4.47. The van der Waals surface area contributed by atoms with Gasteiger partial charge in [-0.15, -0.1) is 0 Å². The lowest BCUT2D eigenvalue weighted by Crippen LogP contribution is -2.14. The average Bonchev–Trinajstić information content (AvgIpc) is 2.20. The highest BCUT2D eigenvalue weighted by Crippen LogP contribution is 2.24. The lowest BCUT2D eigenvalue weighted by molar-refractivity contribution is 0.984. The molecule has 1 heterocycles. The Morgan fingerprint density at radius 1 is 1.64 bits per heavy atom. The quantitative estimate of drug-likeness (QED) is 0.881. The van der Waals surface area contributed by atoms with Gasteiger partial charge in [-0.1, -0.05) is 6.92 Å². The second kappa shape index (κ2) is 5.41. The first-order valence-electron chi connectivity index (χ1n) is 4.17. The molecule has 0 aliphatic heterocycles. The number of nitrogens with two attached hydrogens (primary N) is 1. The number of hydrogen-bond acceptors (Lipinski definition) is 5. The van der Waals surface area contributed by atoms with Crippen LogP contribution in [0.4, 0.5) is 11.6 Å². The van der Waals surface area contributed by atoms with Crippen molar-refractivity contribution in [2.75, 3.05) is 23.9 Å². The summed E-state index contributed by atoms with van der Waals surface area (Å²) in [7, 11) is 0. The van der Waals surface area contributed by atoms with Crippen LogP contribution in [0, 0.1) is 0 Å². The molecule has 3 N–H and O–H groups in total.